The molecule has 2 aromatic carbocycles. The zero-order valence-electron chi connectivity index (χ0n) is 10.5. The van der Waals surface area contributed by atoms with E-state index in [2.05, 4.69) is 4.74 Å². The van der Waals surface area contributed by atoms with Crippen molar-refractivity contribution in [2.75, 3.05) is 7.11 Å². The number of benzene rings is 2. The largest absolute Gasteiger partial charge is 0.465 e. The van der Waals surface area contributed by atoms with Crippen LogP contribution in [-0.4, -0.2) is 13.1 Å². The summed E-state index contributed by atoms with van der Waals surface area (Å²) >= 11 is 0. The number of hydrogen-bond donors (Lipinski definition) is 0. The molecule has 0 fully saturated rings. The molecule has 19 heavy (non-hydrogen) atoms. The van der Waals surface area contributed by atoms with Crippen molar-refractivity contribution >= 4 is 5.97 Å². The Bertz CT molecular complexity index is 616. The maximum atomic E-state index is 13.2. The second kappa shape index (κ2) is 5.18. The lowest BCUT2D eigenvalue weighted by atomic mass is 9.98. The van der Waals surface area contributed by atoms with Crippen LogP contribution in [0.25, 0.3) is 11.1 Å². The van der Waals surface area contributed by atoms with Crippen LogP contribution in [-0.2, 0) is 4.74 Å². The van der Waals surface area contributed by atoms with Gasteiger partial charge in [0.2, 0.25) is 0 Å². The van der Waals surface area contributed by atoms with Crippen molar-refractivity contribution in [3.8, 4) is 11.1 Å². The molecule has 0 atom stereocenters. The van der Waals surface area contributed by atoms with Gasteiger partial charge in [0, 0.05) is 6.07 Å². The van der Waals surface area contributed by atoms with Crippen molar-refractivity contribution in [2.24, 2.45) is 0 Å². The topological polar surface area (TPSA) is 26.3 Å². The molecule has 0 amide bonds. The van der Waals surface area contributed by atoms with Crippen LogP contribution in [0.4, 0.5) is 8.78 Å². The Hall–Kier alpha value is -2.23. The van der Waals surface area contributed by atoms with E-state index < -0.39 is 17.6 Å². The molecule has 0 N–H and O–H groups in total. The van der Waals surface area contributed by atoms with E-state index >= 15 is 0 Å². The fourth-order valence-electron chi connectivity index (χ4n) is 1.94. The van der Waals surface area contributed by atoms with E-state index in [0.717, 1.165) is 11.6 Å². The highest BCUT2D eigenvalue weighted by Crippen LogP contribution is 2.26. The first kappa shape index (κ1) is 13.2. The zero-order chi connectivity index (χ0) is 14.0. The molecular formula is C15H12F2O2. The molecule has 4 heteroatoms. The maximum absolute atomic E-state index is 13.2. The van der Waals surface area contributed by atoms with Gasteiger partial charge < -0.3 is 4.74 Å². The predicted octanol–water partition coefficient (Wildman–Crippen LogP) is 3.73. The van der Waals surface area contributed by atoms with Gasteiger partial charge >= 0.3 is 5.97 Å². The van der Waals surface area contributed by atoms with Crippen LogP contribution in [0.2, 0.25) is 0 Å². The Kier molecular flexibility index (Phi) is 3.60. The van der Waals surface area contributed by atoms with E-state index in [1.165, 1.54) is 19.2 Å². The average molecular weight is 262 g/mol. The highest BCUT2D eigenvalue weighted by molar-refractivity contribution is 5.90. The molecule has 0 saturated heterocycles. The van der Waals surface area contributed by atoms with Crippen LogP contribution in [0.3, 0.4) is 0 Å². The minimum Gasteiger partial charge on any atom is -0.465 e. The number of carbonyl (C=O) groups is 1. The smallest absolute Gasteiger partial charge is 0.337 e. The second-order valence-electron chi connectivity index (χ2n) is 4.18. The zero-order valence-corrected chi connectivity index (χ0v) is 10.5. The standard InChI is InChI=1S/C15H12F2O2/c1-9-5-10(15(18)19-2)3-4-14(9)11-6-12(16)8-13(17)7-11/h3-8H,1-2H3. The number of ether oxygens (including phenoxy) is 1. The summed E-state index contributed by atoms with van der Waals surface area (Å²) in [5.41, 5.74) is 2.26. The molecule has 0 radical (unpaired) electrons. The maximum Gasteiger partial charge on any atom is 0.337 e. The lowest BCUT2D eigenvalue weighted by Gasteiger charge is -2.08. The fraction of sp³-hybridized carbons (Fsp3) is 0.133. The summed E-state index contributed by atoms with van der Waals surface area (Å²) in [6.07, 6.45) is 0. The molecule has 0 heterocycles. The monoisotopic (exact) mass is 262 g/mol. The van der Waals surface area contributed by atoms with Gasteiger partial charge in [-0.3, -0.25) is 0 Å². The van der Waals surface area contributed by atoms with Crippen LogP contribution < -0.4 is 0 Å². The van der Waals surface area contributed by atoms with E-state index in [0.29, 0.717) is 16.7 Å². The molecule has 0 aromatic heterocycles. The summed E-state index contributed by atoms with van der Waals surface area (Å²) in [6.45, 7) is 1.77. The van der Waals surface area contributed by atoms with Crippen LogP contribution in [0.5, 0.6) is 0 Å². The summed E-state index contributed by atoms with van der Waals surface area (Å²) in [4.78, 5) is 11.4. The number of carbonyl (C=O) groups excluding carboxylic acids is 1. The number of halogens is 2. The normalized spacial score (nSPS) is 10.3. The van der Waals surface area contributed by atoms with E-state index in [1.807, 2.05) is 0 Å². The average Bonchev–Trinajstić information content (AvgIpc) is 2.36. The molecular weight excluding hydrogens is 250 g/mol. The van der Waals surface area contributed by atoms with E-state index in [1.54, 1.807) is 25.1 Å². The van der Waals surface area contributed by atoms with Gasteiger partial charge in [0.1, 0.15) is 11.6 Å². The summed E-state index contributed by atoms with van der Waals surface area (Å²) in [5.74, 6) is -1.71. The number of aryl methyl sites for hydroxylation is 1. The first-order valence-electron chi connectivity index (χ1n) is 5.66. The minimum atomic E-state index is -0.633. The Balaban J connectivity index is 2.49. The summed E-state index contributed by atoms with van der Waals surface area (Å²) < 4.78 is 31.0. The lowest BCUT2D eigenvalue weighted by molar-refractivity contribution is 0.0600. The fourth-order valence-corrected chi connectivity index (χ4v) is 1.94. The van der Waals surface area contributed by atoms with Gasteiger partial charge in [0.05, 0.1) is 12.7 Å². The van der Waals surface area contributed by atoms with Gasteiger partial charge in [-0.2, -0.15) is 0 Å². The highest BCUT2D eigenvalue weighted by Gasteiger charge is 2.10. The molecule has 0 spiro atoms. The second-order valence-corrected chi connectivity index (χ2v) is 4.18. The number of methoxy groups -OCH3 is 1. The molecule has 0 bridgehead atoms. The first-order chi connectivity index (χ1) is 9.01. The molecule has 0 aliphatic carbocycles. The van der Waals surface area contributed by atoms with E-state index in [4.69, 9.17) is 0 Å². The Morgan fingerprint density at radius 3 is 2.21 bits per heavy atom. The van der Waals surface area contributed by atoms with Gasteiger partial charge in [-0.15, -0.1) is 0 Å². The predicted molar refractivity (Wildman–Crippen MR) is 67.9 cm³/mol. The first-order valence-corrected chi connectivity index (χ1v) is 5.66. The molecule has 0 saturated carbocycles. The SMILES string of the molecule is COC(=O)c1ccc(-c2cc(F)cc(F)c2)c(C)c1. The summed E-state index contributed by atoms with van der Waals surface area (Å²) in [5, 5.41) is 0. The van der Waals surface area contributed by atoms with Crippen LogP contribution in [0.15, 0.2) is 36.4 Å². The Labute approximate surface area is 109 Å². The molecule has 0 unspecified atom stereocenters. The molecule has 0 aliphatic rings. The van der Waals surface area contributed by atoms with Gasteiger partial charge in [0.15, 0.2) is 0 Å². The molecule has 2 nitrogen and oxygen atoms in total. The number of rotatable bonds is 2. The third-order valence-electron chi connectivity index (χ3n) is 2.82. The van der Waals surface area contributed by atoms with Crippen LogP contribution in [0.1, 0.15) is 15.9 Å². The minimum absolute atomic E-state index is 0.403. The van der Waals surface area contributed by atoms with Crippen molar-refractivity contribution in [1.82, 2.24) is 0 Å². The van der Waals surface area contributed by atoms with Crippen molar-refractivity contribution in [1.29, 1.82) is 0 Å². The number of esters is 1. The molecule has 0 aliphatic heterocycles. The van der Waals surface area contributed by atoms with Gasteiger partial charge in [-0.05, 0) is 47.9 Å². The van der Waals surface area contributed by atoms with Crippen molar-refractivity contribution in [3.05, 3.63) is 59.2 Å². The van der Waals surface area contributed by atoms with Gasteiger partial charge in [-0.25, -0.2) is 13.6 Å². The molecule has 2 aromatic rings. The highest BCUT2D eigenvalue weighted by atomic mass is 19.1. The van der Waals surface area contributed by atoms with Gasteiger partial charge in [-0.1, -0.05) is 6.07 Å². The quantitative estimate of drug-likeness (QED) is 0.771. The van der Waals surface area contributed by atoms with Crippen molar-refractivity contribution in [3.63, 3.8) is 0 Å². The van der Waals surface area contributed by atoms with Crippen molar-refractivity contribution in [2.45, 2.75) is 6.92 Å². The summed E-state index contributed by atoms with van der Waals surface area (Å²) in [6, 6.07) is 8.17. The number of hydrogen-bond acceptors (Lipinski definition) is 2. The van der Waals surface area contributed by atoms with E-state index in [9.17, 15) is 13.6 Å². The Morgan fingerprint density at radius 1 is 1.05 bits per heavy atom. The third-order valence-corrected chi connectivity index (χ3v) is 2.82. The van der Waals surface area contributed by atoms with Crippen LogP contribution in [0, 0.1) is 18.6 Å². The van der Waals surface area contributed by atoms with Gasteiger partial charge in [0.25, 0.3) is 0 Å². The van der Waals surface area contributed by atoms with Crippen LogP contribution >= 0.6 is 0 Å². The lowest BCUT2D eigenvalue weighted by Crippen LogP contribution is -2.01. The van der Waals surface area contributed by atoms with Crippen molar-refractivity contribution < 1.29 is 18.3 Å². The molecule has 2 rings (SSSR count). The Morgan fingerprint density at radius 2 is 1.68 bits per heavy atom. The summed E-state index contributed by atoms with van der Waals surface area (Å²) in [7, 11) is 1.30. The third kappa shape index (κ3) is 2.78. The molecule has 98 valence electrons. The van der Waals surface area contributed by atoms with E-state index in [-0.39, 0.29) is 0 Å².